The second kappa shape index (κ2) is 13.0. The Kier molecular flexibility index (Phi) is 8.70. The molecular weight excluding hydrogens is 592 g/mol. The zero-order valence-electron chi connectivity index (χ0n) is 25.3. The minimum absolute atomic E-state index is 0.0996. The van der Waals surface area contributed by atoms with Crippen molar-refractivity contribution in [1.29, 1.82) is 0 Å². The Balaban J connectivity index is 1.34. The Morgan fingerprint density at radius 3 is 2.60 bits per heavy atom. The summed E-state index contributed by atoms with van der Waals surface area (Å²) in [5, 5.41) is 6.88. The van der Waals surface area contributed by atoms with E-state index in [2.05, 4.69) is 15.6 Å². The molecule has 3 aliphatic heterocycles. The number of piperidine rings is 1. The van der Waals surface area contributed by atoms with Crippen LogP contribution in [-0.4, -0.2) is 66.6 Å². The molecule has 232 valence electrons. The predicted octanol–water partition coefficient (Wildman–Crippen LogP) is 4.54. The molecular formula is C34H34N4O6S. The molecule has 0 radical (unpaired) electrons. The third-order valence-corrected chi connectivity index (χ3v) is 8.99. The van der Waals surface area contributed by atoms with Gasteiger partial charge >= 0.3 is 0 Å². The highest BCUT2D eigenvalue weighted by molar-refractivity contribution is 7.13. The van der Waals surface area contributed by atoms with Gasteiger partial charge < -0.3 is 29.7 Å². The number of ether oxygens (including phenoxy) is 3. The lowest BCUT2D eigenvalue weighted by atomic mass is 9.99. The standard InChI is InChI=1S/C34H34N4O6S/c1-20-32(45-21(2)36-20)34(41)38-14-13-30-28(18-38)37-33(40)24-9-12-29(42-3)27(16-24)23-5-4-6-26(15-23)43-19-31(39)35-17-22-7-10-25(44-30)11-8-22/h4-12,15-16,28,30H,13-14,17-19H2,1-3H3,(H,35,39)(H,37,40)/t28-,30-/m1/s1. The van der Waals surface area contributed by atoms with Crippen LogP contribution in [0.5, 0.6) is 17.2 Å². The van der Waals surface area contributed by atoms with Gasteiger partial charge in [-0.15, -0.1) is 11.3 Å². The summed E-state index contributed by atoms with van der Waals surface area (Å²) >= 11 is 1.38. The number of methoxy groups -OCH3 is 1. The van der Waals surface area contributed by atoms with Crippen LogP contribution in [0.1, 0.15) is 42.7 Å². The number of amides is 3. The van der Waals surface area contributed by atoms with Crippen molar-refractivity contribution in [3.8, 4) is 28.4 Å². The number of aromatic nitrogens is 1. The number of aryl methyl sites for hydroxylation is 2. The third kappa shape index (κ3) is 6.78. The highest BCUT2D eigenvalue weighted by atomic mass is 32.1. The number of fused-ring (bicyclic) bond motifs is 7. The van der Waals surface area contributed by atoms with Gasteiger partial charge in [0.2, 0.25) is 0 Å². The number of rotatable bonds is 2. The molecule has 10 nitrogen and oxygen atoms in total. The van der Waals surface area contributed by atoms with E-state index >= 15 is 0 Å². The first-order valence-electron chi connectivity index (χ1n) is 14.7. The Morgan fingerprint density at radius 2 is 1.84 bits per heavy atom. The van der Waals surface area contributed by atoms with E-state index in [9.17, 15) is 14.4 Å². The van der Waals surface area contributed by atoms with Crippen LogP contribution in [-0.2, 0) is 11.3 Å². The van der Waals surface area contributed by atoms with E-state index in [0.29, 0.717) is 58.5 Å². The second-order valence-electron chi connectivity index (χ2n) is 11.1. The number of benzene rings is 3. The monoisotopic (exact) mass is 626 g/mol. The molecule has 1 aromatic heterocycles. The Bertz CT molecular complexity index is 1740. The SMILES string of the molecule is COc1ccc2cc1-c1cccc(c1)OCC(=O)NCc1ccc(cc1)O[C@@H]1CCN(C(=O)c3sc(C)nc3C)C[C@H]1NC2=O. The number of nitrogens with zero attached hydrogens (tertiary/aromatic N) is 2. The van der Waals surface area contributed by atoms with Crippen LogP contribution < -0.4 is 24.8 Å². The molecule has 2 N–H and O–H groups in total. The van der Waals surface area contributed by atoms with Crippen LogP contribution in [0.4, 0.5) is 0 Å². The number of hydrogen-bond donors (Lipinski definition) is 2. The molecule has 3 aliphatic rings. The van der Waals surface area contributed by atoms with Crippen LogP contribution >= 0.6 is 11.3 Å². The largest absolute Gasteiger partial charge is 0.496 e. The zero-order valence-corrected chi connectivity index (χ0v) is 26.1. The molecule has 2 atom stereocenters. The van der Waals surface area contributed by atoms with E-state index < -0.39 is 6.04 Å². The van der Waals surface area contributed by atoms with Crippen molar-refractivity contribution in [1.82, 2.24) is 20.5 Å². The molecule has 11 heteroatoms. The minimum Gasteiger partial charge on any atom is -0.496 e. The number of thiazole rings is 1. The highest BCUT2D eigenvalue weighted by Gasteiger charge is 2.35. The highest BCUT2D eigenvalue weighted by Crippen LogP contribution is 2.33. The summed E-state index contributed by atoms with van der Waals surface area (Å²) in [5.41, 5.74) is 3.49. The first-order chi connectivity index (χ1) is 21.8. The van der Waals surface area contributed by atoms with Gasteiger partial charge in [0, 0.05) is 37.2 Å². The Labute approximate surface area is 265 Å². The molecule has 0 saturated carbocycles. The van der Waals surface area contributed by atoms with Crippen molar-refractivity contribution in [2.45, 2.75) is 39.0 Å². The van der Waals surface area contributed by atoms with E-state index in [1.807, 2.05) is 56.3 Å². The molecule has 0 aliphatic carbocycles. The molecule has 3 aromatic carbocycles. The molecule has 45 heavy (non-hydrogen) atoms. The summed E-state index contributed by atoms with van der Waals surface area (Å²) < 4.78 is 17.8. The van der Waals surface area contributed by atoms with Gasteiger partial charge in [-0.25, -0.2) is 4.98 Å². The van der Waals surface area contributed by atoms with Gasteiger partial charge in [-0.3, -0.25) is 14.4 Å². The summed E-state index contributed by atoms with van der Waals surface area (Å²) in [4.78, 5) is 46.7. The van der Waals surface area contributed by atoms with Gasteiger partial charge in [0.1, 0.15) is 28.2 Å². The lowest BCUT2D eigenvalue weighted by molar-refractivity contribution is -0.123. The number of carbonyl (C=O) groups excluding carboxylic acids is 3. The maximum absolute atomic E-state index is 13.8. The summed E-state index contributed by atoms with van der Waals surface area (Å²) in [5.74, 6) is 1.07. The molecule has 3 amide bonds. The second-order valence-corrected chi connectivity index (χ2v) is 12.3. The van der Waals surface area contributed by atoms with Crippen molar-refractivity contribution >= 4 is 29.1 Å². The minimum atomic E-state index is -0.489. The van der Waals surface area contributed by atoms with Gasteiger partial charge in [-0.05, 0) is 67.4 Å². The zero-order chi connectivity index (χ0) is 31.5. The van der Waals surface area contributed by atoms with Crippen LogP contribution in [0.3, 0.4) is 0 Å². The first-order valence-corrected chi connectivity index (χ1v) is 15.6. The number of nitrogens with one attached hydrogen (secondary N) is 2. The van der Waals surface area contributed by atoms with Crippen molar-refractivity contribution in [3.05, 3.63) is 93.4 Å². The van der Waals surface area contributed by atoms with Gasteiger partial charge in [0.15, 0.2) is 6.61 Å². The van der Waals surface area contributed by atoms with Crippen LogP contribution in [0, 0.1) is 13.8 Å². The van der Waals surface area contributed by atoms with Gasteiger partial charge in [0.25, 0.3) is 17.7 Å². The molecule has 1 saturated heterocycles. The molecule has 7 rings (SSSR count). The van der Waals surface area contributed by atoms with E-state index in [-0.39, 0.29) is 37.0 Å². The van der Waals surface area contributed by atoms with E-state index in [1.165, 1.54) is 11.3 Å². The average Bonchev–Trinajstić information content (AvgIpc) is 3.40. The van der Waals surface area contributed by atoms with Crippen LogP contribution in [0.2, 0.25) is 0 Å². The molecule has 4 aromatic rings. The average molecular weight is 627 g/mol. The maximum Gasteiger partial charge on any atom is 0.265 e. The topological polar surface area (TPSA) is 119 Å². The molecule has 4 heterocycles. The van der Waals surface area contributed by atoms with E-state index in [4.69, 9.17) is 14.2 Å². The van der Waals surface area contributed by atoms with Crippen molar-refractivity contribution in [2.24, 2.45) is 0 Å². The fourth-order valence-corrected chi connectivity index (χ4v) is 6.50. The molecule has 0 spiro atoms. The lowest BCUT2D eigenvalue weighted by Crippen LogP contribution is -2.58. The fraction of sp³-hybridized carbons (Fsp3) is 0.294. The molecule has 0 unspecified atom stereocenters. The van der Waals surface area contributed by atoms with Gasteiger partial charge in [0.05, 0.1) is 23.9 Å². The van der Waals surface area contributed by atoms with Crippen LogP contribution in [0.25, 0.3) is 11.1 Å². The number of likely N-dealkylation sites (tertiary alicyclic amines) is 1. The first kappa shape index (κ1) is 30.1. The van der Waals surface area contributed by atoms with Gasteiger partial charge in [-0.1, -0.05) is 24.3 Å². The number of hydrogen-bond acceptors (Lipinski definition) is 8. The van der Waals surface area contributed by atoms with E-state index in [0.717, 1.165) is 16.1 Å². The smallest absolute Gasteiger partial charge is 0.265 e. The van der Waals surface area contributed by atoms with Crippen molar-refractivity contribution in [2.75, 3.05) is 26.8 Å². The normalized spacial score (nSPS) is 18.5. The summed E-state index contributed by atoms with van der Waals surface area (Å²) in [6, 6.07) is 19.5. The molecule has 6 bridgehead atoms. The summed E-state index contributed by atoms with van der Waals surface area (Å²) in [6.07, 6.45) is 0.136. The van der Waals surface area contributed by atoms with E-state index in [1.54, 1.807) is 36.3 Å². The van der Waals surface area contributed by atoms with Crippen molar-refractivity contribution < 1.29 is 28.6 Å². The number of carbonyl (C=O) groups is 3. The Morgan fingerprint density at radius 1 is 1.02 bits per heavy atom. The summed E-state index contributed by atoms with van der Waals surface area (Å²) in [6.45, 7) is 4.67. The predicted molar refractivity (Wildman–Crippen MR) is 170 cm³/mol. The quantitative estimate of drug-likeness (QED) is 0.336. The molecule has 1 fully saturated rings. The summed E-state index contributed by atoms with van der Waals surface area (Å²) in [7, 11) is 1.57. The third-order valence-electron chi connectivity index (χ3n) is 7.93. The maximum atomic E-state index is 13.8. The lowest BCUT2D eigenvalue weighted by Gasteiger charge is -2.38. The fourth-order valence-electron chi connectivity index (χ4n) is 5.61. The Hall–Kier alpha value is -4.90. The van der Waals surface area contributed by atoms with Crippen LogP contribution in [0.15, 0.2) is 66.7 Å². The van der Waals surface area contributed by atoms with Gasteiger partial charge in [-0.2, -0.15) is 0 Å². The van der Waals surface area contributed by atoms with Crippen molar-refractivity contribution in [3.63, 3.8) is 0 Å².